The molecule has 1 aromatic carbocycles. The fraction of sp³-hybridized carbons (Fsp3) is 0.316. The molecular formula is C19H22N4O2S. The van der Waals surface area contributed by atoms with E-state index < -0.39 is 0 Å². The number of carbonyl (C=O) groups is 2. The summed E-state index contributed by atoms with van der Waals surface area (Å²) in [5, 5.41) is 7.18. The van der Waals surface area contributed by atoms with Crippen LogP contribution in [0.25, 0.3) is 16.2 Å². The average molecular weight is 370 g/mol. The van der Waals surface area contributed by atoms with E-state index in [9.17, 15) is 9.59 Å². The van der Waals surface area contributed by atoms with Gasteiger partial charge >= 0.3 is 0 Å². The van der Waals surface area contributed by atoms with Crippen LogP contribution in [0.3, 0.4) is 0 Å². The van der Waals surface area contributed by atoms with Gasteiger partial charge in [-0.2, -0.15) is 0 Å². The summed E-state index contributed by atoms with van der Waals surface area (Å²) in [6.45, 7) is 4.19. The Labute approximate surface area is 156 Å². The zero-order chi connectivity index (χ0) is 18.7. The van der Waals surface area contributed by atoms with E-state index >= 15 is 0 Å². The number of aromatic nitrogens is 2. The van der Waals surface area contributed by atoms with Crippen LogP contribution in [0.2, 0.25) is 0 Å². The highest BCUT2D eigenvalue weighted by Crippen LogP contribution is 2.24. The van der Waals surface area contributed by atoms with Gasteiger partial charge in [0.15, 0.2) is 4.96 Å². The molecule has 7 heteroatoms. The molecular weight excluding hydrogens is 348 g/mol. The molecule has 0 saturated carbocycles. The molecule has 3 rings (SSSR count). The van der Waals surface area contributed by atoms with E-state index in [2.05, 4.69) is 46.8 Å². The molecule has 0 aliphatic carbocycles. The van der Waals surface area contributed by atoms with E-state index in [1.165, 1.54) is 16.9 Å². The van der Waals surface area contributed by atoms with Gasteiger partial charge in [-0.25, -0.2) is 4.98 Å². The molecule has 26 heavy (non-hydrogen) atoms. The Balaban J connectivity index is 1.78. The number of nitrogens with zero attached hydrogens (tertiary/aromatic N) is 2. The molecule has 0 spiro atoms. The number of hydrogen-bond acceptors (Lipinski definition) is 4. The zero-order valence-electron chi connectivity index (χ0n) is 15.1. The van der Waals surface area contributed by atoms with Crippen LogP contribution in [-0.4, -0.2) is 34.8 Å². The van der Waals surface area contributed by atoms with E-state index in [1.54, 1.807) is 23.8 Å². The third kappa shape index (κ3) is 3.62. The Bertz CT molecular complexity index is 927. The number of carbonyl (C=O) groups excluding carboxylic acids is 2. The minimum atomic E-state index is -0.284. The SMILES string of the molecule is CCc1ccc(-c2cn3c(C(=O)NC[C@@H](C)C(=O)NC)csc3n2)cc1. The molecule has 0 aliphatic heterocycles. The van der Waals surface area contributed by atoms with E-state index in [0.29, 0.717) is 5.69 Å². The van der Waals surface area contributed by atoms with Gasteiger partial charge < -0.3 is 10.6 Å². The normalized spacial score (nSPS) is 12.1. The van der Waals surface area contributed by atoms with Gasteiger partial charge in [0.25, 0.3) is 5.91 Å². The maximum atomic E-state index is 12.5. The first-order chi connectivity index (χ1) is 12.5. The van der Waals surface area contributed by atoms with Crippen LogP contribution in [-0.2, 0) is 11.2 Å². The van der Waals surface area contributed by atoms with E-state index in [-0.39, 0.29) is 24.3 Å². The number of thiazole rings is 1. The molecule has 1 atom stereocenters. The lowest BCUT2D eigenvalue weighted by molar-refractivity contribution is -0.123. The second-order valence-electron chi connectivity index (χ2n) is 6.18. The fourth-order valence-corrected chi connectivity index (χ4v) is 3.53. The Hall–Kier alpha value is -2.67. The largest absolute Gasteiger partial charge is 0.359 e. The van der Waals surface area contributed by atoms with Crippen molar-refractivity contribution >= 4 is 28.1 Å². The summed E-state index contributed by atoms with van der Waals surface area (Å²) in [6.07, 6.45) is 2.88. The van der Waals surface area contributed by atoms with E-state index in [0.717, 1.165) is 22.6 Å². The van der Waals surface area contributed by atoms with Crippen molar-refractivity contribution in [2.45, 2.75) is 20.3 Å². The van der Waals surface area contributed by atoms with Crippen LogP contribution in [0.1, 0.15) is 29.9 Å². The lowest BCUT2D eigenvalue weighted by Crippen LogP contribution is -2.36. The van der Waals surface area contributed by atoms with Gasteiger partial charge in [0.05, 0.1) is 11.6 Å². The number of imidazole rings is 1. The first-order valence-electron chi connectivity index (χ1n) is 8.59. The molecule has 3 aromatic rings. The predicted octanol–water partition coefficient (Wildman–Crippen LogP) is 2.74. The smallest absolute Gasteiger partial charge is 0.269 e. The second kappa shape index (κ2) is 7.70. The van der Waals surface area contributed by atoms with Gasteiger partial charge in [0.2, 0.25) is 5.91 Å². The molecule has 2 N–H and O–H groups in total. The summed E-state index contributed by atoms with van der Waals surface area (Å²) in [4.78, 5) is 29.4. The molecule has 2 aromatic heterocycles. The molecule has 0 saturated heterocycles. The maximum Gasteiger partial charge on any atom is 0.269 e. The highest BCUT2D eigenvalue weighted by atomic mass is 32.1. The Morgan fingerprint density at radius 1 is 1.27 bits per heavy atom. The number of benzene rings is 1. The maximum absolute atomic E-state index is 12.5. The standard InChI is InChI=1S/C19H22N4O2S/c1-4-13-5-7-14(8-6-13)15-10-23-16(11-26-19(23)22-15)18(25)21-9-12(2)17(24)20-3/h5-8,10-12H,4,9H2,1-3H3,(H,20,24)(H,21,25)/t12-/m1/s1. The first-order valence-corrected chi connectivity index (χ1v) is 9.47. The molecule has 2 amide bonds. The molecule has 0 fully saturated rings. The molecule has 0 radical (unpaired) electrons. The summed E-state index contributed by atoms with van der Waals surface area (Å²) in [7, 11) is 1.59. The number of aryl methyl sites for hydroxylation is 1. The molecule has 0 unspecified atom stereocenters. The second-order valence-corrected chi connectivity index (χ2v) is 7.01. The number of fused-ring (bicyclic) bond motifs is 1. The van der Waals surface area contributed by atoms with Crippen molar-refractivity contribution in [3.8, 4) is 11.3 Å². The van der Waals surface area contributed by atoms with Crippen LogP contribution < -0.4 is 10.6 Å². The monoisotopic (exact) mass is 370 g/mol. The van der Waals surface area contributed by atoms with Crippen LogP contribution in [0.4, 0.5) is 0 Å². The van der Waals surface area contributed by atoms with Crippen molar-refractivity contribution in [3.05, 3.63) is 47.1 Å². The van der Waals surface area contributed by atoms with Crippen molar-refractivity contribution < 1.29 is 9.59 Å². The molecule has 136 valence electrons. The molecule has 0 aliphatic rings. The summed E-state index contributed by atoms with van der Waals surface area (Å²) in [5.74, 6) is -0.591. The number of rotatable bonds is 6. The zero-order valence-corrected chi connectivity index (χ0v) is 15.9. The average Bonchev–Trinajstić information content (AvgIpc) is 3.25. The number of hydrogen-bond donors (Lipinski definition) is 2. The van der Waals surface area contributed by atoms with Crippen LogP contribution in [0, 0.1) is 5.92 Å². The van der Waals surface area contributed by atoms with Crippen LogP contribution >= 0.6 is 11.3 Å². The number of amides is 2. The highest BCUT2D eigenvalue weighted by molar-refractivity contribution is 7.15. The Morgan fingerprint density at radius 2 is 2.00 bits per heavy atom. The van der Waals surface area contributed by atoms with Crippen molar-refractivity contribution in [3.63, 3.8) is 0 Å². The van der Waals surface area contributed by atoms with Gasteiger partial charge in [0, 0.05) is 30.7 Å². The summed E-state index contributed by atoms with van der Waals surface area (Å²) in [5.41, 5.74) is 3.67. The lowest BCUT2D eigenvalue weighted by Gasteiger charge is -2.10. The summed E-state index contributed by atoms with van der Waals surface area (Å²) in [6, 6.07) is 8.29. The predicted molar refractivity (Wildman–Crippen MR) is 103 cm³/mol. The van der Waals surface area contributed by atoms with Crippen molar-refractivity contribution in [1.29, 1.82) is 0 Å². The molecule has 2 heterocycles. The first kappa shape index (κ1) is 18.1. The molecule has 0 bridgehead atoms. The molecule has 6 nitrogen and oxygen atoms in total. The van der Waals surface area contributed by atoms with Gasteiger partial charge in [-0.15, -0.1) is 11.3 Å². The van der Waals surface area contributed by atoms with Gasteiger partial charge in [0.1, 0.15) is 5.69 Å². The van der Waals surface area contributed by atoms with Gasteiger partial charge in [-0.3, -0.25) is 14.0 Å². The number of nitrogens with one attached hydrogen (secondary N) is 2. The van der Waals surface area contributed by atoms with Gasteiger partial charge in [-0.1, -0.05) is 38.1 Å². The Kier molecular flexibility index (Phi) is 5.37. The van der Waals surface area contributed by atoms with Gasteiger partial charge in [-0.05, 0) is 12.0 Å². The van der Waals surface area contributed by atoms with Crippen molar-refractivity contribution in [1.82, 2.24) is 20.0 Å². The summed E-state index contributed by atoms with van der Waals surface area (Å²) >= 11 is 1.42. The van der Waals surface area contributed by atoms with Crippen molar-refractivity contribution in [2.75, 3.05) is 13.6 Å². The van der Waals surface area contributed by atoms with Crippen LogP contribution in [0.15, 0.2) is 35.8 Å². The minimum Gasteiger partial charge on any atom is -0.359 e. The fourth-order valence-electron chi connectivity index (χ4n) is 2.67. The summed E-state index contributed by atoms with van der Waals surface area (Å²) < 4.78 is 1.80. The third-order valence-corrected chi connectivity index (χ3v) is 5.20. The third-order valence-electron chi connectivity index (χ3n) is 4.36. The lowest BCUT2D eigenvalue weighted by atomic mass is 10.1. The Morgan fingerprint density at radius 3 is 2.65 bits per heavy atom. The minimum absolute atomic E-state index is 0.0961. The highest BCUT2D eigenvalue weighted by Gasteiger charge is 2.17. The van der Waals surface area contributed by atoms with E-state index in [4.69, 9.17) is 0 Å². The van der Waals surface area contributed by atoms with Crippen molar-refractivity contribution in [2.24, 2.45) is 5.92 Å². The van der Waals surface area contributed by atoms with Crippen LogP contribution in [0.5, 0.6) is 0 Å². The topological polar surface area (TPSA) is 75.5 Å². The quantitative estimate of drug-likeness (QED) is 0.701. The van der Waals surface area contributed by atoms with E-state index in [1.807, 2.05) is 6.20 Å².